The first kappa shape index (κ1) is 17.1. The second kappa shape index (κ2) is 7.73. The van der Waals surface area contributed by atoms with E-state index in [0.29, 0.717) is 24.7 Å². The molecule has 5 nitrogen and oxygen atoms in total. The van der Waals surface area contributed by atoms with Gasteiger partial charge >= 0.3 is 0 Å². The van der Waals surface area contributed by atoms with Crippen LogP contribution in [0.25, 0.3) is 0 Å². The molecule has 0 bridgehead atoms. The van der Waals surface area contributed by atoms with Crippen LogP contribution in [0.5, 0.6) is 0 Å². The number of aliphatic hydroxyl groups is 1. The summed E-state index contributed by atoms with van der Waals surface area (Å²) in [6, 6.07) is 6.67. The molecule has 2 N–H and O–H groups in total. The lowest BCUT2D eigenvalue weighted by molar-refractivity contribution is 0.256. The molecule has 1 atom stereocenters. The van der Waals surface area contributed by atoms with Crippen molar-refractivity contribution in [3.8, 4) is 0 Å². The molecule has 20 heavy (non-hydrogen) atoms. The van der Waals surface area contributed by atoms with Gasteiger partial charge in [-0.2, -0.15) is 0 Å². The summed E-state index contributed by atoms with van der Waals surface area (Å²) in [5.74, 6) is 0. The van der Waals surface area contributed by atoms with E-state index in [4.69, 9.17) is 5.11 Å². The number of benzene rings is 1. The first-order chi connectivity index (χ1) is 9.40. The summed E-state index contributed by atoms with van der Waals surface area (Å²) in [7, 11) is -1.49. The van der Waals surface area contributed by atoms with Gasteiger partial charge in [0.1, 0.15) is 0 Å². The van der Waals surface area contributed by atoms with Gasteiger partial charge in [0.25, 0.3) is 0 Å². The summed E-state index contributed by atoms with van der Waals surface area (Å²) in [4.78, 5) is 2.35. The van der Waals surface area contributed by atoms with Gasteiger partial charge in [-0.1, -0.05) is 19.1 Å². The molecule has 1 aromatic carbocycles. The summed E-state index contributed by atoms with van der Waals surface area (Å²) >= 11 is 0. The van der Waals surface area contributed by atoms with E-state index in [9.17, 15) is 8.42 Å². The lowest BCUT2D eigenvalue weighted by Gasteiger charge is -2.23. The molecule has 0 heterocycles. The van der Waals surface area contributed by atoms with E-state index in [1.807, 2.05) is 7.05 Å². The van der Waals surface area contributed by atoms with Crippen LogP contribution in [0.4, 0.5) is 0 Å². The Bertz CT molecular complexity index is 500. The van der Waals surface area contributed by atoms with E-state index in [-0.39, 0.29) is 11.5 Å². The Morgan fingerprint density at radius 3 is 2.40 bits per heavy atom. The zero-order valence-electron chi connectivity index (χ0n) is 12.3. The maximum absolute atomic E-state index is 12.1. The van der Waals surface area contributed by atoms with Crippen LogP contribution in [0, 0.1) is 0 Å². The lowest BCUT2D eigenvalue weighted by atomic mass is 10.2. The number of sulfonamides is 1. The Kier molecular flexibility index (Phi) is 6.61. The number of hydrogen-bond donors (Lipinski definition) is 2. The summed E-state index contributed by atoms with van der Waals surface area (Å²) in [5.41, 5.74) is 0.695. The maximum Gasteiger partial charge on any atom is 0.240 e. The fraction of sp³-hybridized carbons (Fsp3) is 0.571. The van der Waals surface area contributed by atoms with Crippen molar-refractivity contribution < 1.29 is 13.5 Å². The summed E-state index contributed by atoms with van der Waals surface area (Å²) in [6.45, 7) is 5.18. The van der Waals surface area contributed by atoms with Crippen molar-refractivity contribution in [3.63, 3.8) is 0 Å². The molecule has 0 fully saturated rings. The van der Waals surface area contributed by atoms with Gasteiger partial charge in [0, 0.05) is 19.1 Å². The van der Waals surface area contributed by atoms with Crippen LogP contribution in [0.3, 0.4) is 0 Å². The third kappa shape index (κ3) is 4.86. The first-order valence-electron chi connectivity index (χ1n) is 6.80. The zero-order valence-corrected chi connectivity index (χ0v) is 13.2. The van der Waals surface area contributed by atoms with Crippen LogP contribution in [0.1, 0.15) is 25.8 Å². The van der Waals surface area contributed by atoms with Crippen molar-refractivity contribution in [2.75, 3.05) is 20.1 Å². The van der Waals surface area contributed by atoms with Crippen molar-refractivity contribution in [3.05, 3.63) is 29.8 Å². The molecule has 6 heteroatoms. The standard InChI is InChI=1S/C14H24N2O3S/c1-4-12(2)16(3)10-9-15-20(18,19)14-7-5-13(11-17)6-8-14/h5-8,12,15,17H,4,9-11H2,1-3H3. The number of nitrogens with one attached hydrogen (secondary N) is 1. The van der Waals surface area contributed by atoms with Crippen molar-refractivity contribution in [1.29, 1.82) is 0 Å². The van der Waals surface area contributed by atoms with Gasteiger partial charge in [-0.3, -0.25) is 0 Å². The zero-order chi connectivity index (χ0) is 15.2. The predicted molar refractivity (Wildman–Crippen MR) is 79.9 cm³/mol. The largest absolute Gasteiger partial charge is 0.392 e. The fourth-order valence-corrected chi connectivity index (χ4v) is 2.77. The molecule has 0 saturated heterocycles. The average molecular weight is 300 g/mol. The molecule has 0 aliphatic heterocycles. The molecule has 0 aliphatic carbocycles. The van der Waals surface area contributed by atoms with E-state index in [0.717, 1.165) is 6.42 Å². The number of hydrogen-bond acceptors (Lipinski definition) is 4. The third-order valence-electron chi connectivity index (χ3n) is 3.52. The van der Waals surface area contributed by atoms with Crippen molar-refractivity contribution >= 4 is 10.0 Å². The summed E-state index contributed by atoms with van der Waals surface area (Å²) in [5, 5.41) is 8.94. The van der Waals surface area contributed by atoms with Crippen LogP contribution in [0.15, 0.2) is 29.2 Å². The van der Waals surface area contributed by atoms with Crippen LogP contribution in [-0.4, -0.2) is 44.6 Å². The van der Waals surface area contributed by atoms with Gasteiger partial charge in [0.05, 0.1) is 11.5 Å². The summed E-state index contributed by atoms with van der Waals surface area (Å²) in [6.07, 6.45) is 1.03. The van der Waals surface area contributed by atoms with Gasteiger partial charge in [-0.25, -0.2) is 13.1 Å². The Morgan fingerprint density at radius 2 is 1.90 bits per heavy atom. The fourth-order valence-electron chi connectivity index (χ4n) is 1.75. The molecule has 0 amide bonds. The van der Waals surface area contributed by atoms with E-state index < -0.39 is 10.0 Å². The molecule has 0 aromatic heterocycles. The van der Waals surface area contributed by atoms with E-state index in [2.05, 4.69) is 23.5 Å². The van der Waals surface area contributed by atoms with Crippen LogP contribution in [0.2, 0.25) is 0 Å². The van der Waals surface area contributed by atoms with Gasteiger partial charge in [0.2, 0.25) is 10.0 Å². The quantitative estimate of drug-likeness (QED) is 0.756. The predicted octanol–water partition coefficient (Wildman–Crippen LogP) is 1.19. The first-order valence-corrected chi connectivity index (χ1v) is 8.28. The van der Waals surface area contributed by atoms with Crippen molar-refractivity contribution in [2.24, 2.45) is 0 Å². The molecular formula is C14H24N2O3S. The SMILES string of the molecule is CCC(C)N(C)CCNS(=O)(=O)c1ccc(CO)cc1. The van der Waals surface area contributed by atoms with Gasteiger partial charge in [-0.15, -0.1) is 0 Å². The Labute approximate surface area is 121 Å². The molecule has 1 rings (SSSR count). The van der Waals surface area contributed by atoms with E-state index >= 15 is 0 Å². The van der Waals surface area contributed by atoms with E-state index in [1.54, 1.807) is 12.1 Å². The Balaban J connectivity index is 2.57. The smallest absolute Gasteiger partial charge is 0.240 e. The number of rotatable bonds is 8. The van der Waals surface area contributed by atoms with E-state index in [1.165, 1.54) is 12.1 Å². The molecular weight excluding hydrogens is 276 g/mol. The number of likely N-dealkylation sites (N-methyl/N-ethyl adjacent to an activating group) is 1. The number of nitrogens with zero attached hydrogens (tertiary/aromatic N) is 1. The van der Waals surface area contributed by atoms with Crippen molar-refractivity contribution in [1.82, 2.24) is 9.62 Å². The second-order valence-electron chi connectivity index (χ2n) is 4.94. The molecule has 114 valence electrons. The highest BCUT2D eigenvalue weighted by Crippen LogP contribution is 2.10. The second-order valence-corrected chi connectivity index (χ2v) is 6.70. The molecule has 0 saturated carbocycles. The summed E-state index contributed by atoms with van der Waals surface area (Å²) < 4.78 is 26.7. The molecule has 1 aromatic rings. The maximum atomic E-state index is 12.1. The number of aliphatic hydroxyl groups excluding tert-OH is 1. The topological polar surface area (TPSA) is 69.6 Å². The third-order valence-corrected chi connectivity index (χ3v) is 4.99. The normalized spacial score (nSPS) is 13.7. The highest BCUT2D eigenvalue weighted by Gasteiger charge is 2.14. The monoisotopic (exact) mass is 300 g/mol. The molecule has 1 unspecified atom stereocenters. The van der Waals surface area contributed by atoms with Gasteiger partial charge in [0.15, 0.2) is 0 Å². The highest BCUT2D eigenvalue weighted by molar-refractivity contribution is 7.89. The minimum Gasteiger partial charge on any atom is -0.392 e. The van der Waals surface area contributed by atoms with Gasteiger partial charge < -0.3 is 10.0 Å². The van der Waals surface area contributed by atoms with Crippen LogP contribution < -0.4 is 4.72 Å². The Hall–Kier alpha value is -0.950. The van der Waals surface area contributed by atoms with Crippen LogP contribution >= 0.6 is 0 Å². The molecule has 0 aliphatic rings. The Morgan fingerprint density at radius 1 is 1.30 bits per heavy atom. The molecule has 0 spiro atoms. The minimum absolute atomic E-state index is 0.0898. The highest BCUT2D eigenvalue weighted by atomic mass is 32.2. The average Bonchev–Trinajstić information content (AvgIpc) is 2.46. The van der Waals surface area contributed by atoms with Crippen molar-refractivity contribution in [2.45, 2.75) is 37.8 Å². The lowest BCUT2D eigenvalue weighted by Crippen LogP contribution is -2.37. The van der Waals surface area contributed by atoms with Gasteiger partial charge in [-0.05, 0) is 38.1 Å². The minimum atomic E-state index is -3.47. The molecule has 0 radical (unpaired) electrons. The van der Waals surface area contributed by atoms with Crippen LogP contribution in [-0.2, 0) is 16.6 Å².